The van der Waals surface area contributed by atoms with Gasteiger partial charge < -0.3 is 15.0 Å². The standard InChI is InChI=1S/C28H28N2O3/c1-20-10-12-23(13-11-20)14-17-27(31)29-24-15-16-26-25(19-24)30(28(32)21(2)33-26)18-6-9-22-7-4-3-5-8-22/h3-5,7-8,10-17,19,21H,6,9,18H2,1-2H3,(H,29,31)/b17-14+. The molecule has 3 aromatic rings. The summed E-state index contributed by atoms with van der Waals surface area (Å²) < 4.78 is 5.80. The van der Waals surface area contributed by atoms with E-state index in [-0.39, 0.29) is 11.8 Å². The maximum Gasteiger partial charge on any atom is 0.267 e. The van der Waals surface area contributed by atoms with Crippen molar-refractivity contribution in [2.75, 3.05) is 16.8 Å². The van der Waals surface area contributed by atoms with Crippen molar-refractivity contribution in [2.45, 2.75) is 32.8 Å². The van der Waals surface area contributed by atoms with E-state index in [1.807, 2.05) is 55.5 Å². The SMILES string of the molecule is Cc1ccc(/C=C/C(=O)Nc2ccc3c(c2)N(CCCc2ccccc2)C(=O)C(C)O3)cc1. The number of ether oxygens (including phenoxy) is 1. The molecule has 0 aromatic heterocycles. The van der Waals surface area contributed by atoms with Gasteiger partial charge in [0.1, 0.15) is 5.75 Å². The topological polar surface area (TPSA) is 58.6 Å². The minimum absolute atomic E-state index is 0.0710. The van der Waals surface area contributed by atoms with Crippen LogP contribution in [0.15, 0.2) is 78.9 Å². The van der Waals surface area contributed by atoms with Crippen LogP contribution in [0.1, 0.15) is 30.0 Å². The fraction of sp³-hybridized carbons (Fsp3) is 0.214. The molecule has 3 aromatic carbocycles. The van der Waals surface area contributed by atoms with Crippen molar-refractivity contribution in [2.24, 2.45) is 0 Å². The predicted octanol–water partition coefficient (Wildman–Crippen LogP) is 5.39. The summed E-state index contributed by atoms with van der Waals surface area (Å²) >= 11 is 0. The summed E-state index contributed by atoms with van der Waals surface area (Å²) in [6.45, 7) is 4.37. The van der Waals surface area contributed by atoms with Crippen molar-refractivity contribution in [3.8, 4) is 5.75 Å². The van der Waals surface area contributed by atoms with Crippen molar-refractivity contribution >= 4 is 29.3 Å². The van der Waals surface area contributed by atoms with E-state index in [1.54, 1.807) is 30.0 Å². The zero-order valence-electron chi connectivity index (χ0n) is 19.0. The van der Waals surface area contributed by atoms with Gasteiger partial charge in [0.05, 0.1) is 5.69 Å². The second-order valence-electron chi connectivity index (χ2n) is 8.25. The van der Waals surface area contributed by atoms with Crippen LogP contribution in [0.4, 0.5) is 11.4 Å². The molecule has 1 aliphatic rings. The number of carbonyl (C=O) groups excluding carboxylic acids is 2. The smallest absolute Gasteiger partial charge is 0.267 e. The third-order valence-corrected chi connectivity index (χ3v) is 5.63. The first-order valence-corrected chi connectivity index (χ1v) is 11.2. The molecule has 1 aliphatic heterocycles. The number of rotatable bonds is 7. The minimum atomic E-state index is -0.535. The molecule has 5 nitrogen and oxygen atoms in total. The molecule has 33 heavy (non-hydrogen) atoms. The summed E-state index contributed by atoms with van der Waals surface area (Å²) in [5, 5.41) is 2.88. The summed E-state index contributed by atoms with van der Waals surface area (Å²) in [5.41, 5.74) is 4.68. The van der Waals surface area contributed by atoms with E-state index in [2.05, 4.69) is 17.4 Å². The largest absolute Gasteiger partial charge is 0.479 e. The van der Waals surface area contributed by atoms with Crippen LogP contribution in [-0.2, 0) is 16.0 Å². The van der Waals surface area contributed by atoms with Gasteiger partial charge in [0.15, 0.2) is 6.10 Å². The van der Waals surface area contributed by atoms with Crippen molar-refractivity contribution in [1.29, 1.82) is 0 Å². The van der Waals surface area contributed by atoms with Crippen LogP contribution in [0.2, 0.25) is 0 Å². The number of amides is 2. The highest BCUT2D eigenvalue weighted by Crippen LogP contribution is 2.36. The van der Waals surface area contributed by atoms with E-state index in [9.17, 15) is 9.59 Å². The lowest BCUT2D eigenvalue weighted by atomic mass is 10.1. The van der Waals surface area contributed by atoms with Crippen molar-refractivity contribution in [1.82, 2.24) is 0 Å². The molecule has 5 heteroatoms. The minimum Gasteiger partial charge on any atom is -0.479 e. The average molecular weight is 441 g/mol. The summed E-state index contributed by atoms with van der Waals surface area (Å²) in [6, 6.07) is 23.6. The molecule has 4 rings (SSSR count). The van der Waals surface area contributed by atoms with E-state index in [1.165, 1.54) is 17.2 Å². The number of anilines is 2. The highest BCUT2D eigenvalue weighted by Gasteiger charge is 2.31. The van der Waals surface area contributed by atoms with Crippen LogP contribution in [0.5, 0.6) is 5.75 Å². The van der Waals surface area contributed by atoms with E-state index < -0.39 is 6.10 Å². The third-order valence-electron chi connectivity index (χ3n) is 5.63. The summed E-state index contributed by atoms with van der Waals surface area (Å²) in [7, 11) is 0. The van der Waals surface area contributed by atoms with Crippen LogP contribution >= 0.6 is 0 Å². The molecule has 2 amide bonds. The van der Waals surface area contributed by atoms with Gasteiger partial charge in [0.2, 0.25) is 5.91 Å². The number of nitrogens with zero attached hydrogens (tertiary/aromatic N) is 1. The van der Waals surface area contributed by atoms with E-state index in [4.69, 9.17) is 4.74 Å². The van der Waals surface area contributed by atoms with Gasteiger partial charge in [-0.25, -0.2) is 0 Å². The van der Waals surface area contributed by atoms with Gasteiger partial charge in [-0.1, -0.05) is 60.2 Å². The molecule has 0 saturated heterocycles. The number of benzene rings is 3. The number of nitrogens with one attached hydrogen (secondary N) is 1. The predicted molar refractivity (Wildman–Crippen MR) is 132 cm³/mol. The number of carbonyl (C=O) groups is 2. The van der Waals surface area contributed by atoms with Crippen molar-refractivity contribution < 1.29 is 14.3 Å². The van der Waals surface area contributed by atoms with Crippen molar-refractivity contribution in [3.63, 3.8) is 0 Å². The molecule has 1 unspecified atom stereocenters. The first-order valence-electron chi connectivity index (χ1n) is 11.2. The Hall–Kier alpha value is -3.86. The molecule has 0 saturated carbocycles. The monoisotopic (exact) mass is 440 g/mol. The lowest BCUT2D eigenvalue weighted by Crippen LogP contribution is -2.45. The van der Waals surface area contributed by atoms with Gasteiger partial charge in [0, 0.05) is 18.3 Å². The lowest BCUT2D eigenvalue weighted by Gasteiger charge is -2.33. The summed E-state index contributed by atoms with van der Waals surface area (Å²) in [4.78, 5) is 27.1. The van der Waals surface area contributed by atoms with Gasteiger partial charge in [-0.15, -0.1) is 0 Å². The highest BCUT2D eigenvalue weighted by molar-refractivity contribution is 6.04. The fourth-order valence-corrected chi connectivity index (χ4v) is 3.83. The molecule has 0 radical (unpaired) electrons. The zero-order valence-corrected chi connectivity index (χ0v) is 19.0. The van der Waals surface area contributed by atoms with Gasteiger partial charge in [0.25, 0.3) is 5.91 Å². The van der Waals surface area contributed by atoms with E-state index in [0.717, 1.165) is 18.4 Å². The molecular weight excluding hydrogens is 412 g/mol. The first kappa shape index (κ1) is 22.3. The Morgan fingerprint density at radius 1 is 1.06 bits per heavy atom. The van der Waals surface area contributed by atoms with Gasteiger partial charge in [-0.3, -0.25) is 9.59 Å². The van der Waals surface area contributed by atoms with Gasteiger partial charge in [-0.05, 0) is 62.1 Å². The quantitative estimate of drug-likeness (QED) is 0.501. The molecule has 0 bridgehead atoms. The first-order chi connectivity index (χ1) is 16.0. The molecule has 1 heterocycles. The van der Waals surface area contributed by atoms with Crippen LogP contribution < -0.4 is 15.0 Å². The number of hydrogen-bond donors (Lipinski definition) is 1. The molecule has 0 aliphatic carbocycles. The highest BCUT2D eigenvalue weighted by atomic mass is 16.5. The Balaban J connectivity index is 1.45. The second kappa shape index (κ2) is 10.2. The Morgan fingerprint density at radius 2 is 1.82 bits per heavy atom. The van der Waals surface area contributed by atoms with Gasteiger partial charge >= 0.3 is 0 Å². The van der Waals surface area contributed by atoms with Crippen LogP contribution in [-0.4, -0.2) is 24.5 Å². The Kier molecular flexibility index (Phi) is 6.89. The molecule has 168 valence electrons. The number of hydrogen-bond acceptors (Lipinski definition) is 3. The number of aryl methyl sites for hydroxylation is 2. The molecule has 1 atom stereocenters. The Morgan fingerprint density at radius 3 is 2.58 bits per heavy atom. The van der Waals surface area contributed by atoms with Crippen LogP contribution in [0, 0.1) is 6.92 Å². The third kappa shape index (κ3) is 5.69. The Labute approximate surface area is 194 Å². The molecule has 0 fully saturated rings. The zero-order chi connectivity index (χ0) is 23.2. The van der Waals surface area contributed by atoms with Crippen LogP contribution in [0.25, 0.3) is 6.08 Å². The van der Waals surface area contributed by atoms with Crippen molar-refractivity contribution in [3.05, 3.63) is 95.6 Å². The summed E-state index contributed by atoms with van der Waals surface area (Å²) in [6.07, 6.45) is 4.46. The molecule has 1 N–H and O–H groups in total. The fourth-order valence-electron chi connectivity index (χ4n) is 3.83. The maximum absolute atomic E-state index is 12.8. The van der Waals surface area contributed by atoms with E-state index >= 15 is 0 Å². The number of fused-ring (bicyclic) bond motifs is 1. The Bertz CT molecular complexity index is 1150. The normalized spacial score (nSPS) is 15.3. The summed E-state index contributed by atoms with van der Waals surface area (Å²) in [5.74, 6) is 0.343. The second-order valence-corrected chi connectivity index (χ2v) is 8.25. The lowest BCUT2D eigenvalue weighted by molar-refractivity contribution is -0.125. The molecular formula is C28H28N2O3. The van der Waals surface area contributed by atoms with Crippen LogP contribution in [0.3, 0.4) is 0 Å². The molecule has 0 spiro atoms. The van der Waals surface area contributed by atoms with Gasteiger partial charge in [-0.2, -0.15) is 0 Å². The average Bonchev–Trinajstić information content (AvgIpc) is 2.82. The van der Waals surface area contributed by atoms with E-state index in [0.29, 0.717) is 23.7 Å². The maximum atomic E-state index is 12.8.